The topological polar surface area (TPSA) is 74.4 Å². The van der Waals surface area contributed by atoms with E-state index in [4.69, 9.17) is 4.74 Å². The van der Waals surface area contributed by atoms with Crippen molar-refractivity contribution in [2.24, 2.45) is 0 Å². The summed E-state index contributed by atoms with van der Waals surface area (Å²) in [5.41, 5.74) is 4.21. The van der Waals surface area contributed by atoms with E-state index in [2.05, 4.69) is 10.3 Å². The molecule has 2 aromatic carbocycles. The molecule has 0 spiro atoms. The van der Waals surface area contributed by atoms with Gasteiger partial charge in [0.15, 0.2) is 0 Å². The fraction of sp³-hybridized carbons (Fsp3) is 0.273. The molecule has 0 saturated carbocycles. The van der Waals surface area contributed by atoms with Crippen molar-refractivity contribution in [3.63, 3.8) is 0 Å². The van der Waals surface area contributed by atoms with Crippen LogP contribution in [0.5, 0.6) is 0 Å². The number of carbonyl (C=O) groups is 2. The van der Waals surface area contributed by atoms with Gasteiger partial charge < -0.3 is 19.9 Å². The summed E-state index contributed by atoms with van der Waals surface area (Å²) in [5, 5.41) is 3.98. The van der Waals surface area contributed by atoms with Gasteiger partial charge in [0.05, 0.1) is 19.6 Å². The number of aromatic nitrogens is 1. The molecule has 1 aliphatic rings. The van der Waals surface area contributed by atoms with Gasteiger partial charge in [-0.3, -0.25) is 9.59 Å². The molecule has 1 aromatic heterocycles. The number of fused-ring (bicyclic) bond motifs is 1. The fourth-order valence-electron chi connectivity index (χ4n) is 3.61. The van der Waals surface area contributed by atoms with E-state index in [1.54, 1.807) is 29.2 Å². The highest BCUT2D eigenvalue weighted by Gasteiger charge is 2.19. The number of benzene rings is 2. The number of nitrogens with zero attached hydrogens (tertiary/aromatic N) is 1. The Morgan fingerprint density at radius 3 is 2.71 bits per heavy atom. The summed E-state index contributed by atoms with van der Waals surface area (Å²) in [7, 11) is 0. The Morgan fingerprint density at radius 1 is 1.11 bits per heavy atom. The zero-order valence-electron chi connectivity index (χ0n) is 15.8. The maximum Gasteiger partial charge on any atom is 0.254 e. The van der Waals surface area contributed by atoms with Crippen molar-refractivity contribution in [2.75, 3.05) is 31.6 Å². The molecule has 3 aromatic rings. The van der Waals surface area contributed by atoms with E-state index in [0.717, 1.165) is 22.2 Å². The number of nitrogens with one attached hydrogen (secondary N) is 2. The van der Waals surface area contributed by atoms with Gasteiger partial charge in [0.25, 0.3) is 5.91 Å². The van der Waals surface area contributed by atoms with E-state index in [9.17, 15) is 9.59 Å². The van der Waals surface area contributed by atoms with Crippen molar-refractivity contribution in [1.82, 2.24) is 9.88 Å². The van der Waals surface area contributed by atoms with Crippen LogP contribution in [0.1, 0.15) is 21.6 Å². The maximum atomic E-state index is 12.6. The van der Waals surface area contributed by atoms with Crippen LogP contribution < -0.4 is 5.32 Å². The lowest BCUT2D eigenvalue weighted by atomic mass is 10.1. The number of ether oxygens (including phenoxy) is 1. The lowest BCUT2D eigenvalue weighted by molar-refractivity contribution is -0.115. The second-order valence-electron chi connectivity index (χ2n) is 6.98. The van der Waals surface area contributed by atoms with Crippen molar-refractivity contribution in [2.45, 2.75) is 13.3 Å². The molecular formula is C22H23N3O3. The van der Waals surface area contributed by atoms with Crippen LogP contribution in [0.2, 0.25) is 0 Å². The zero-order valence-corrected chi connectivity index (χ0v) is 15.8. The number of carbonyl (C=O) groups excluding carboxylic acids is 2. The van der Waals surface area contributed by atoms with Crippen LogP contribution >= 0.6 is 0 Å². The van der Waals surface area contributed by atoms with Crippen molar-refractivity contribution in [3.8, 4) is 0 Å². The molecule has 0 atom stereocenters. The molecule has 4 rings (SSSR count). The Morgan fingerprint density at radius 2 is 1.89 bits per heavy atom. The number of hydrogen-bond donors (Lipinski definition) is 2. The number of H-pyrrole nitrogens is 1. The molecule has 144 valence electrons. The SMILES string of the molecule is Cc1[nH]c2ccccc2c1CC(=O)Nc1cccc(C(=O)N2CCOCC2)c1. The number of aromatic amines is 1. The summed E-state index contributed by atoms with van der Waals surface area (Å²) in [6.07, 6.45) is 0.275. The average Bonchev–Trinajstić information content (AvgIpc) is 3.03. The highest BCUT2D eigenvalue weighted by Crippen LogP contribution is 2.23. The molecule has 0 aliphatic carbocycles. The van der Waals surface area contributed by atoms with Crippen LogP contribution in [0.3, 0.4) is 0 Å². The Balaban J connectivity index is 1.47. The predicted molar refractivity (Wildman–Crippen MR) is 109 cm³/mol. The van der Waals surface area contributed by atoms with Crippen molar-refractivity contribution in [3.05, 3.63) is 65.4 Å². The lowest BCUT2D eigenvalue weighted by Gasteiger charge is -2.27. The van der Waals surface area contributed by atoms with E-state index in [1.165, 1.54) is 0 Å². The number of morpholine rings is 1. The number of para-hydroxylation sites is 1. The normalized spacial score (nSPS) is 14.2. The quantitative estimate of drug-likeness (QED) is 0.734. The largest absolute Gasteiger partial charge is 0.378 e. The van der Waals surface area contributed by atoms with Crippen molar-refractivity contribution in [1.29, 1.82) is 0 Å². The molecule has 2 N–H and O–H groups in total. The minimum absolute atomic E-state index is 0.0353. The highest BCUT2D eigenvalue weighted by atomic mass is 16.5. The molecular weight excluding hydrogens is 354 g/mol. The van der Waals surface area contributed by atoms with Crippen LogP contribution in [0.15, 0.2) is 48.5 Å². The zero-order chi connectivity index (χ0) is 19.5. The number of anilines is 1. The standard InChI is InChI=1S/C22H23N3O3/c1-15-19(18-7-2-3-8-20(18)23-15)14-21(26)24-17-6-4-5-16(13-17)22(27)25-9-11-28-12-10-25/h2-8,13,23H,9-12,14H2,1H3,(H,24,26). The van der Waals surface area contributed by atoms with Crippen LogP contribution in [-0.4, -0.2) is 48.0 Å². The summed E-state index contributed by atoms with van der Waals surface area (Å²) >= 11 is 0. The van der Waals surface area contributed by atoms with Gasteiger partial charge in [-0.25, -0.2) is 0 Å². The lowest BCUT2D eigenvalue weighted by Crippen LogP contribution is -2.40. The number of rotatable bonds is 4. The van der Waals surface area contributed by atoms with Crippen molar-refractivity contribution >= 4 is 28.4 Å². The molecule has 6 heteroatoms. The third-order valence-electron chi connectivity index (χ3n) is 5.06. The fourth-order valence-corrected chi connectivity index (χ4v) is 3.61. The first-order valence-electron chi connectivity index (χ1n) is 9.45. The second-order valence-corrected chi connectivity index (χ2v) is 6.98. The van der Waals surface area contributed by atoms with Gasteiger partial charge in [-0.15, -0.1) is 0 Å². The average molecular weight is 377 g/mol. The monoisotopic (exact) mass is 377 g/mol. The molecule has 1 aliphatic heterocycles. The van der Waals surface area contributed by atoms with Gasteiger partial charge in [0.1, 0.15) is 0 Å². The van der Waals surface area contributed by atoms with E-state index in [-0.39, 0.29) is 18.2 Å². The minimum atomic E-state index is -0.108. The summed E-state index contributed by atoms with van der Waals surface area (Å²) in [4.78, 5) is 30.4. The van der Waals surface area contributed by atoms with Crippen LogP contribution in [0.4, 0.5) is 5.69 Å². The second kappa shape index (κ2) is 7.86. The third kappa shape index (κ3) is 3.77. The Hall–Kier alpha value is -3.12. The maximum absolute atomic E-state index is 12.6. The molecule has 0 radical (unpaired) electrons. The van der Waals surface area contributed by atoms with Gasteiger partial charge >= 0.3 is 0 Å². The smallest absolute Gasteiger partial charge is 0.254 e. The first-order valence-corrected chi connectivity index (χ1v) is 9.45. The van der Waals surface area contributed by atoms with E-state index < -0.39 is 0 Å². The van der Waals surface area contributed by atoms with E-state index in [0.29, 0.717) is 37.6 Å². The Labute approximate surface area is 163 Å². The van der Waals surface area contributed by atoms with Gasteiger partial charge in [-0.1, -0.05) is 24.3 Å². The van der Waals surface area contributed by atoms with Crippen molar-refractivity contribution < 1.29 is 14.3 Å². The Kier molecular flexibility index (Phi) is 5.12. The molecule has 1 saturated heterocycles. The third-order valence-corrected chi connectivity index (χ3v) is 5.06. The predicted octanol–water partition coefficient (Wildman–Crippen LogP) is 3.13. The molecule has 0 unspecified atom stereocenters. The van der Waals surface area contributed by atoms with Gasteiger partial charge in [-0.2, -0.15) is 0 Å². The number of amides is 2. The molecule has 2 heterocycles. The van der Waals surface area contributed by atoms with Crippen LogP contribution in [0.25, 0.3) is 10.9 Å². The van der Waals surface area contributed by atoms with E-state index in [1.807, 2.05) is 31.2 Å². The summed E-state index contributed by atoms with van der Waals surface area (Å²) < 4.78 is 5.30. The van der Waals surface area contributed by atoms with Gasteiger partial charge in [0.2, 0.25) is 5.91 Å². The minimum Gasteiger partial charge on any atom is -0.378 e. The molecule has 2 amide bonds. The molecule has 28 heavy (non-hydrogen) atoms. The van der Waals surface area contributed by atoms with Crippen LogP contribution in [0, 0.1) is 6.92 Å². The first-order chi connectivity index (χ1) is 13.6. The summed E-state index contributed by atoms with van der Waals surface area (Å²) in [5.74, 6) is -0.143. The highest BCUT2D eigenvalue weighted by molar-refractivity contribution is 5.99. The summed E-state index contributed by atoms with van der Waals surface area (Å²) in [6, 6.07) is 15.1. The number of hydrogen-bond acceptors (Lipinski definition) is 3. The van der Waals surface area contributed by atoms with Gasteiger partial charge in [-0.05, 0) is 36.8 Å². The number of aryl methyl sites for hydroxylation is 1. The Bertz CT molecular complexity index is 1020. The van der Waals surface area contributed by atoms with Gasteiger partial charge in [0, 0.05) is 40.9 Å². The summed E-state index contributed by atoms with van der Waals surface area (Å²) in [6.45, 7) is 4.28. The molecule has 1 fully saturated rings. The van der Waals surface area contributed by atoms with Crippen LogP contribution in [-0.2, 0) is 16.0 Å². The molecule has 0 bridgehead atoms. The molecule has 6 nitrogen and oxygen atoms in total. The van der Waals surface area contributed by atoms with E-state index >= 15 is 0 Å². The first kappa shape index (κ1) is 18.3.